The van der Waals surface area contributed by atoms with Crippen molar-refractivity contribution in [3.63, 3.8) is 0 Å². The molecule has 2 fully saturated rings. The molecule has 0 radical (unpaired) electrons. The molecule has 2 aliphatic rings. The number of rotatable bonds is 4. The predicted octanol–water partition coefficient (Wildman–Crippen LogP) is 2.87. The van der Waals surface area contributed by atoms with Crippen LogP contribution in [0.25, 0.3) is 10.8 Å². The number of amides is 1. The van der Waals surface area contributed by atoms with Crippen LogP contribution >= 0.6 is 11.3 Å². The zero-order valence-electron chi connectivity index (χ0n) is 17.4. The van der Waals surface area contributed by atoms with Crippen molar-refractivity contribution in [3.05, 3.63) is 29.0 Å². The van der Waals surface area contributed by atoms with Crippen molar-refractivity contribution in [1.82, 2.24) is 24.8 Å². The second-order valence-electron chi connectivity index (χ2n) is 8.22. The second-order valence-corrected chi connectivity index (χ2v) is 9.22. The van der Waals surface area contributed by atoms with E-state index in [1.807, 2.05) is 11.8 Å². The van der Waals surface area contributed by atoms with Crippen LogP contribution in [0.3, 0.4) is 0 Å². The molecular formula is C21H29N5O2S. The molecule has 8 heteroatoms. The molecule has 0 bridgehead atoms. The summed E-state index contributed by atoms with van der Waals surface area (Å²) in [5.41, 5.74) is 0.765. The molecule has 0 N–H and O–H groups in total. The van der Waals surface area contributed by atoms with Crippen LogP contribution in [0, 0.1) is 12.8 Å². The molecule has 4 heterocycles. The Kier molecular flexibility index (Phi) is 6.22. The first-order valence-corrected chi connectivity index (χ1v) is 11.2. The lowest BCUT2D eigenvalue weighted by Gasteiger charge is -2.39. The lowest BCUT2D eigenvalue weighted by molar-refractivity contribution is -0.0728. The standard InChI is InChI=1S/C21H29N5O2S/c1-14-11-25(12-15(2)28-14)13-17-5-9-26(10-6-17)21(27)18-16(3)24-20(29-18)19-22-7-4-8-23-19/h4,7-8,14-15,17H,5-6,9-13H2,1-3H3. The molecule has 29 heavy (non-hydrogen) atoms. The summed E-state index contributed by atoms with van der Waals surface area (Å²) < 4.78 is 5.84. The average molecular weight is 416 g/mol. The molecule has 1 amide bonds. The molecule has 156 valence electrons. The van der Waals surface area contributed by atoms with Gasteiger partial charge in [0.25, 0.3) is 5.91 Å². The Morgan fingerprint density at radius 2 is 1.83 bits per heavy atom. The maximum Gasteiger partial charge on any atom is 0.265 e. The zero-order chi connectivity index (χ0) is 20.4. The molecular weight excluding hydrogens is 386 g/mol. The van der Waals surface area contributed by atoms with E-state index in [0.29, 0.717) is 33.8 Å². The fourth-order valence-corrected chi connectivity index (χ4v) is 5.34. The highest BCUT2D eigenvalue weighted by Crippen LogP contribution is 2.28. The van der Waals surface area contributed by atoms with Crippen LogP contribution in [-0.2, 0) is 4.74 Å². The number of nitrogens with zero attached hydrogens (tertiary/aromatic N) is 5. The van der Waals surface area contributed by atoms with Crippen LogP contribution in [0.1, 0.15) is 42.1 Å². The minimum absolute atomic E-state index is 0.0919. The van der Waals surface area contributed by atoms with E-state index in [0.717, 1.165) is 51.3 Å². The summed E-state index contributed by atoms with van der Waals surface area (Å²) in [6.45, 7) is 10.9. The van der Waals surface area contributed by atoms with Crippen molar-refractivity contribution in [1.29, 1.82) is 0 Å². The largest absolute Gasteiger partial charge is 0.373 e. The van der Waals surface area contributed by atoms with E-state index >= 15 is 0 Å². The fraction of sp³-hybridized carbons (Fsp3) is 0.619. The van der Waals surface area contributed by atoms with Gasteiger partial charge in [0.05, 0.1) is 17.9 Å². The average Bonchev–Trinajstić information content (AvgIpc) is 3.10. The van der Waals surface area contributed by atoms with Gasteiger partial charge in [0.1, 0.15) is 4.88 Å². The van der Waals surface area contributed by atoms with Crippen molar-refractivity contribution in [2.24, 2.45) is 5.92 Å². The summed E-state index contributed by atoms with van der Waals surface area (Å²) >= 11 is 1.39. The predicted molar refractivity (Wildman–Crippen MR) is 113 cm³/mol. The van der Waals surface area contributed by atoms with E-state index in [2.05, 4.69) is 33.7 Å². The van der Waals surface area contributed by atoms with E-state index in [1.54, 1.807) is 18.5 Å². The first-order valence-electron chi connectivity index (χ1n) is 10.4. The van der Waals surface area contributed by atoms with Crippen LogP contribution < -0.4 is 0 Å². The van der Waals surface area contributed by atoms with Gasteiger partial charge in [-0.1, -0.05) is 0 Å². The topological polar surface area (TPSA) is 71.5 Å². The van der Waals surface area contributed by atoms with Crippen LogP contribution in [0.4, 0.5) is 0 Å². The van der Waals surface area contributed by atoms with Gasteiger partial charge in [-0.3, -0.25) is 9.69 Å². The monoisotopic (exact) mass is 415 g/mol. The van der Waals surface area contributed by atoms with Crippen molar-refractivity contribution in [2.75, 3.05) is 32.7 Å². The number of hydrogen-bond acceptors (Lipinski definition) is 7. The SMILES string of the molecule is Cc1nc(-c2ncccn2)sc1C(=O)N1CCC(CN2CC(C)OC(C)C2)CC1. The van der Waals surface area contributed by atoms with Gasteiger partial charge in [0, 0.05) is 45.1 Å². The number of aromatic nitrogens is 3. The van der Waals surface area contributed by atoms with E-state index in [4.69, 9.17) is 4.74 Å². The molecule has 0 aliphatic carbocycles. The quantitative estimate of drug-likeness (QED) is 0.765. The van der Waals surface area contributed by atoms with Crippen molar-refractivity contribution in [3.8, 4) is 10.8 Å². The van der Waals surface area contributed by atoms with Crippen LogP contribution in [-0.4, -0.2) is 75.6 Å². The molecule has 0 spiro atoms. The number of morpholine rings is 1. The van der Waals surface area contributed by atoms with Crippen LogP contribution in [0.15, 0.2) is 18.5 Å². The molecule has 2 unspecified atom stereocenters. The van der Waals surface area contributed by atoms with Crippen molar-refractivity contribution in [2.45, 2.75) is 45.8 Å². The highest BCUT2D eigenvalue weighted by Gasteiger charge is 2.29. The van der Waals surface area contributed by atoms with Crippen LogP contribution in [0.2, 0.25) is 0 Å². The highest BCUT2D eigenvalue weighted by molar-refractivity contribution is 7.17. The molecule has 2 aliphatic heterocycles. The number of aryl methyl sites for hydroxylation is 1. The molecule has 7 nitrogen and oxygen atoms in total. The van der Waals surface area contributed by atoms with Crippen molar-refractivity contribution < 1.29 is 9.53 Å². The smallest absolute Gasteiger partial charge is 0.265 e. The molecule has 2 saturated heterocycles. The maximum atomic E-state index is 13.1. The summed E-state index contributed by atoms with van der Waals surface area (Å²) in [7, 11) is 0. The third-order valence-corrected chi connectivity index (χ3v) is 6.80. The summed E-state index contributed by atoms with van der Waals surface area (Å²) in [4.78, 5) is 31.3. The van der Waals surface area contributed by atoms with Gasteiger partial charge < -0.3 is 9.64 Å². The summed E-state index contributed by atoms with van der Waals surface area (Å²) in [6.07, 6.45) is 6.11. The minimum atomic E-state index is 0.0919. The Labute approximate surface area is 176 Å². The number of thiazole rings is 1. The highest BCUT2D eigenvalue weighted by atomic mass is 32.1. The Hall–Kier alpha value is -1.90. The van der Waals surface area contributed by atoms with Gasteiger partial charge in [-0.2, -0.15) is 0 Å². The normalized spacial score (nSPS) is 24.0. The summed E-state index contributed by atoms with van der Waals surface area (Å²) in [5.74, 6) is 1.31. The number of piperidine rings is 1. The Morgan fingerprint density at radius 1 is 1.17 bits per heavy atom. The Morgan fingerprint density at radius 3 is 2.48 bits per heavy atom. The molecule has 0 aromatic carbocycles. The first-order chi connectivity index (χ1) is 14.0. The van der Waals surface area contributed by atoms with E-state index < -0.39 is 0 Å². The Bertz CT molecular complexity index is 825. The minimum Gasteiger partial charge on any atom is -0.373 e. The van der Waals surface area contributed by atoms with Gasteiger partial charge in [-0.15, -0.1) is 11.3 Å². The number of ether oxygens (including phenoxy) is 1. The van der Waals surface area contributed by atoms with Gasteiger partial charge in [0.2, 0.25) is 0 Å². The molecule has 4 rings (SSSR count). The fourth-order valence-electron chi connectivity index (χ4n) is 4.36. The number of hydrogen-bond donors (Lipinski definition) is 0. The van der Waals surface area contributed by atoms with Crippen molar-refractivity contribution >= 4 is 17.2 Å². The van der Waals surface area contributed by atoms with Gasteiger partial charge in [0.15, 0.2) is 10.8 Å². The summed E-state index contributed by atoms with van der Waals surface area (Å²) in [5, 5.41) is 0.705. The number of carbonyl (C=O) groups excluding carboxylic acids is 1. The van der Waals surface area contributed by atoms with E-state index in [9.17, 15) is 4.79 Å². The van der Waals surface area contributed by atoms with E-state index in [1.165, 1.54) is 11.3 Å². The molecule has 2 aromatic rings. The maximum absolute atomic E-state index is 13.1. The van der Waals surface area contributed by atoms with Gasteiger partial charge in [-0.05, 0) is 45.6 Å². The van der Waals surface area contributed by atoms with Crippen LogP contribution in [0.5, 0.6) is 0 Å². The molecule has 2 atom stereocenters. The molecule has 2 aromatic heterocycles. The zero-order valence-corrected chi connectivity index (χ0v) is 18.2. The number of likely N-dealkylation sites (tertiary alicyclic amines) is 1. The third kappa shape index (κ3) is 4.82. The first kappa shape index (κ1) is 20.4. The second kappa shape index (κ2) is 8.85. The molecule has 0 saturated carbocycles. The Balaban J connectivity index is 1.34. The van der Waals surface area contributed by atoms with E-state index in [-0.39, 0.29) is 5.91 Å². The number of carbonyl (C=O) groups is 1. The lowest BCUT2D eigenvalue weighted by Crippen LogP contribution is -2.48. The van der Waals surface area contributed by atoms with Gasteiger partial charge in [-0.25, -0.2) is 15.0 Å². The third-order valence-electron chi connectivity index (χ3n) is 5.66. The lowest BCUT2D eigenvalue weighted by atomic mass is 9.95. The summed E-state index contributed by atoms with van der Waals surface area (Å²) in [6, 6.07) is 1.78. The van der Waals surface area contributed by atoms with Gasteiger partial charge >= 0.3 is 0 Å².